The molecule has 118 valence electrons. The summed E-state index contributed by atoms with van der Waals surface area (Å²) in [6, 6.07) is 3.92. The summed E-state index contributed by atoms with van der Waals surface area (Å²) in [4.78, 5) is 27.4. The minimum Gasteiger partial charge on any atom is -0.466 e. The van der Waals surface area contributed by atoms with Crippen LogP contribution in [0.2, 0.25) is 0 Å². The SMILES string of the molecule is CCOC(=O)Cc1csc(NC(=O)CCCn2cccc2)n1. The van der Waals surface area contributed by atoms with Gasteiger partial charge in [-0.2, -0.15) is 0 Å². The molecule has 0 radical (unpaired) electrons. The van der Waals surface area contributed by atoms with Gasteiger partial charge >= 0.3 is 5.97 Å². The van der Waals surface area contributed by atoms with E-state index in [0.717, 1.165) is 13.0 Å². The first-order valence-corrected chi connectivity index (χ1v) is 8.06. The fourth-order valence-electron chi connectivity index (χ4n) is 1.93. The molecular formula is C15H19N3O3S. The Morgan fingerprint density at radius 1 is 1.36 bits per heavy atom. The molecule has 2 aromatic heterocycles. The van der Waals surface area contributed by atoms with Gasteiger partial charge in [-0.3, -0.25) is 9.59 Å². The highest BCUT2D eigenvalue weighted by molar-refractivity contribution is 7.13. The molecule has 0 aliphatic heterocycles. The molecule has 0 atom stereocenters. The van der Waals surface area contributed by atoms with E-state index in [1.54, 1.807) is 12.3 Å². The predicted molar refractivity (Wildman–Crippen MR) is 84.7 cm³/mol. The lowest BCUT2D eigenvalue weighted by Gasteiger charge is -2.03. The third kappa shape index (κ3) is 5.33. The Kier molecular flexibility index (Phi) is 6.14. The van der Waals surface area contributed by atoms with Crippen molar-refractivity contribution in [2.45, 2.75) is 32.7 Å². The molecule has 6 nitrogen and oxygen atoms in total. The van der Waals surface area contributed by atoms with Gasteiger partial charge < -0.3 is 14.6 Å². The van der Waals surface area contributed by atoms with E-state index in [0.29, 0.717) is 23.9 Å². The molecule has 0 aromatic carbocycles. The van der Waals surface area contributed by atoms with Crippen molar-refractivity contribution in [2.75, 3.05) is 11.9 Å². The number of nitrogens with one attached hydrogen (secondary N) is 1. The first-order valence-electron chi connectivity index (χ1n) is 7.18. The second-order valence-electron chi connectivity index (χ2n) is 4.70. The van der Waals surface area contributed by atoms with E-state index >= 15 is 0 Å². The first-order chi connectivity index (χ1) is 10.7. The Labute approximate surface area is 133 Å². The number of thiazole rings is 1. The summed E-state index contributed by atoms with van der Waals surface area (Å²) in [5.74, 6) is -0.374. The van der Waals surface area contributed by atoms with Crippen molar-refractivity contribution in [3.8, 4) is 0 Å². The van der Waals surface area contributed by atoms with E-state index < -0.39 is 0 Å². The van der Waals surface area contributed by atoms with Gasteiger partial charge in [0.2, 0.25) is 5.91 Å². The van der Waals surface area contributed by atoms with Gasteiger partial charge in [0.15, 0.2) is 5.13 Å². The zero-order valence-electron chi connectivity index (χ0n) is 12.4. The highest BCUT2D eigenvalue weighted by atomic mass is 32.1. The zero-order valence-corrected chi connectivity index (χ0v) is 13.3. The molecule has 0 bridgehead atoms. The second kappa shape index (κ2) is 8.33. The minimum absolute atomic E-state index is 0.0656. The molecule has 1 amide bonds. The van der Waals surface area contributed by atoms with Crippen LogP contribution in [-0.2, 0) is 27.3 Å². The van der Waals surface area contributed by atoms with Crippen LogP contribution in [0.25, 0.3) is 0 Å². The number of hydrogen-bond acceptors (Lipinski definition) is 5. The maximum absolute atomic E-state index is 11.8. The van der Waals surface area contributed by atoms with Crippen LogP contribution in [0.4, 0.5) is 5.13 Å². The monoisotopic (exact) mass is 321 g/mol. The number of aromatic nitrogens is 2. The number of aryl methyl sites for hydroxylation is 1. The number of nitrogens with zero attached hydrogens (tertiary/aromatic N) is 2. The van der Waals surface area contributed by atoms with Gasteiger partial charge in [-0.1, -0.05) is 0 Å². The van der Waals surface area contributed by atoms with Crippen molar-refractivity contribution in [3.63, 3.8) is 0 Å². The molecule has 2 aromatic rings. The Morgan fingerprint density at radius 2 is 2.14 bits per heavy atom. The third-order valence-corrected chi connectivity index (χ3v) is 3.72. The van der Waals surface area contributed by atoms with Gasteiger partial charge in [0.25, 0.3) is 0 Å². The molecule has 0 aliphatic carbocycles. The van der Waals surface area contributed by atoms with Crippen LogP contribution in [0.5, 0.6) is 0 Å². The topological polar surface area (TPSA) is 73.2 Å². The quantitative estimate of drug-likeness (QED) is 0.758. The highest BCUT2D eigenvalue weighted by Crippen LogP contribution is 2.16. The number of anilines is 1. The van der Waals surface area contributed by atoms with Crippen molar-refractivity contribution < 1.29 is 14.3 Å². The number of esters is 1. The maximum Gasteiger partial charge on any atom is 0.311 e. The number of ether oxygens (including phenoxy) is 1. The first kappa shape index (κ1) is 16.2. The van der Waals surface area contributed by atoms with Crippen LogP contribution in [0.1, 0.15) is 25.5 Å². The highest BCUT2D eigenvalue weighted by Gasteiger charge is 2.10. The Hall–Kier alpha value is -2.15. The lowest BCUT2D eigenvalue weighted by atomic mass is 10.3. The van der Waals surface area contributed by atoms with Crippen molar-refractivity contribution >= 4 is 28.3 Å². The van der Waals surface area contributed by atoms with Gasteiger partial charge in [-0.15, -0.1) is 11.3 Å². The number of hydrogen-bond donors (Lipinski definition) is 1. The normalized spacial score (nSPS) is 10.4. The summed E-state index contributed by atoms with van der Waals surface area (Å²) in [5.41, 5.74) is 0.617. The van der Waals surface area contributed by atoms with Gasteiger partial charge in [0, 0.05) is 30.7 Å². The number of amides is 1. The summed E-state index contributed by atoms with van der Waals surface area (Å²) in [5, 5.41) is 5.03. The summed E-state index contributed by atoms with van der Waals surface area (Å²) in [6.45, 7) is 2.93. The summed E-state index contributed by atoms with van der Waals surface area (Å²) in [6.07, 6.45) is 5.28. The van der Waals surface area contributed by atoms with Gasteiger partial charge in [-0.25, -0.2) is 4.98 Å². The van der Waals surface area contributed by atoms with Gasteiger partial charge in [0.05, 0.1) is 18.7 Å². The second-order valence-corrected chi connectivity index (χ2v) is 5.56. The minimum atomic E-state index is -0.308. The average molecular weight is 321 g/mol. The summed E-state index contributed by atoms with van der Waals surface area (Å²) >= 11 is 1.31. The van der Waals surface area contributed by atoms with Crippen molar-refractivity contribution in [1.29, 1.82) is 0 Å². The molecule has 0 unspecified atom stereocenters. The Morgan fingerprint density at radius 3 is 2.86 bits per heavy atom. The molecule has 1 N–H and O–H groups in total. The van der Waals surface area contributed by atoms with Gasteiger partial charge in [0.1, 0.15) is 0 Å². The summed E-state index contributed by atoms with van der Waals surface area (Å²) < 4.78 is 6.90. The fourth-order valence-corrected chi connectivity index (χ4v) is 2.66. The molecule has 2 rings (SSSR count). The van der Waals surface area contributed by atoms with E-state index in [4.69, 9.17) is 4.74 Å². The zero-order chi connectivity index (χ0) is 15.8. The smallest absolute Gasteiger partial charge is 0.311 e. The van der Waals surface area contributed by atoms with E-state index in [1.807, 2.05) is 29.1 Å². The molecule has 0 saturated carbocycles. The molecular weight excluding hydrogens is 302 g/mol. The van der Waals surface area contributed by atoms with Crippen molar-refractivity contribution in [3.05, 3.63) is 35.6 Å². The number of carbonyl (C=O) groups excluding carboxylic acids is 2. The van der Waals surface area contributed by atoms with Crippen molar-refractivity contribution in [1.82, 2.24) is 9.55 Å². The van der Waals surface area contributed by atoms with E-state index in [-0.39, 0.29) is 18.3 Å². The summed E-state index contributed by atoms with van der Waals surface area (Å²) in [7, 11) is 0. The Bertz CT molecular complexity index is 607. The third-order valence-electron chi connectivity index (χ3n) is 2.92. The van der Waals surface area contributed by atoms with Crippen LogP contribution in [0.15, 0.2) is 29.9 Å². The van der Waals surface area contributed by atoms with E-state index in [9.17, 15) is 9.59 Å². The maximum atomic E-state index is 11.8. The van der Waals surface area contributed by atoms with Crippen LogP contribution in [0.3, 0.4) is 0 Å². The van der Waals surface area contributed by atoms with Crippen LogP contribution >= 0.6 is 11.3 Å². The van der Waals surface area contributed by atoms with Crippen molar-refractivity contribution in [2.24, 2.45) is 0 Å². The molecule has 0 saturated heterocycles. The largest absolute Gasteiger partial charge is 0.466 e. The molecule has 0 aliphatic rings. The van der Waals surface area contributed by atoms with E-state index in [1.165, 1.54) is 11.3 Å². The predicted octanol–water partition coefficient (Wildman–Crippen LogP) is 2.47. The lowest BCUT2D eigenvalue weighted by Crippen LogP contribution is -2.12. The standard InChI is InChI=1S/C15H19N3O3S/c1-2-21-14(20)10-12-11-22-15(16-12)17-13(19)6-5-9-18-7-3-4-8-18/h3-4,7-8,11H,2,5-6,9-10H2,1H3,(H,16,17,19). The number of carbonyl (C=O) groups is 2. The lowest BCUT2D eigenvalue weighted by molar-refractivity contribution is -0.142. The van der Waals surface area contributed by atoms with Crippen LogP contribution < -0.4 is 5.32 Å². The van der Waals surface area contributed by atoms with E-state index in [2.05, 4.69) is 10.3 Å². The average Bonchev–Trinajstić information content (AvgIpc) is 3.11. The molecule has 22 heavy (non-hydrogen) atoms. The van der Waals surface area contributed by atoms with Gasteiger partial charge in [-0.05, 0) is 25.5 Å². The number of rotatable bonds is 8. The van der Waals surface area contributed by atoms with Crippen LogP contribution in [-0.4, -0.2) is 28.0 Å². The molecule has 0 spiro atoms. The fraction of sp³-hybridized carbons (Fsp3) is 0.400. The molecule has 2 heterocycles. The van der Waals surface area contributed by atoms with Crippen LogP contribution in [0, 0.1) is 0 Å². The molecule has 7 heteroatoms. The Balaban J connectivity index is 1.72. The molecule has 0 fully saturated rings.